The SMILES string of the molecule is CC(C)Cc1ncc(C2Oc3cc(B4OC(C)(C)C(C)(C)O4)cc(F)c3-c3cc4cc(B5OC(C)(C)C(C)(C)O5)ccc4n32)s1. The maximum Gasteiger partial charge on any atom is 0.495 e. The number of aromatic nitrogens is 2. The highest BCUT2D eigenvalue weighted by atomic mass is 32.1. The Morgan fingerprint density at radius 2 is 1.44 bits per heavy atom. The molecule has 2 aromatic carbocycles. The third kappa shape index (κ3) is 4.97. The minimum atomic E-state index is -0.715. The Kier molecular flexibility index (Phi) is 6.98. The molecule has 3 aliphatic heterocycles. The van der Waals surface area contributed by atoms with Gasteiger partial charge in [-0.25, -0.2) is 9.37 Å². The van der Waals surface area contributed by atoms with Crippen molar-refractivity contribution < 1.29 is 27.7 Å². The molecule has 3 aliphatic rings. The van der Waals surface area contributed by atoms with E-state index in [1.165, 1.54) is 6.07 Å². The van der Waals surface area contributed by atoms with Gasteiger partial charge in [-0.2, -0.15) is 0 Å². The Bertz CT molecular complexity index is 1780. The van der Waals surface area contributed by atoms with Crippen molar-refractivity contribution in [1.29, 1.82) is 0 Å². The number of thiazole rings is 1. The van der Waals surface area contributed by atoms with Gasteiger partial charge in [0.2, 0.25) is 6.23 Å². The van der Waals surface area contributed by atoms with Crippen molar-refractivity contribution in [3.05, 3.63) is 58.3 Å². The zero-order valence-corrected chi connectivity index (χ0v) is 28.6. The first-order chi connectivity index (χ1) is 21.0. The van der Waals surface area contributed by atoms with Gasteiger partial charge in [-0.15, -0.1) is 11.3 Å². The van der Waals surface area contributed by atoms with E-state index in [9.17, 15) is 0 Å². The monoisotopic (exact) mass is 630 g/mol. The summed E-state index contributed by atoms with van der Waals surface area (Å²) in [5.41, 5.74) is 1.55. The fourth-order valence-corrected chi connectivity index (χ4v) is 7.28. The maximum absolute atomic E-state index is 16.3. The highest BCUT2D eigenvalue weighted by Crippen LogP contribution is 2.47. The second-order valence-electron chi connectivity index (χ2n) is 15.0. The fraction of sp³-hybridized carbons (Fsp3) is 0.500. The standard InChI is InChI=1S/C34H41B2FN2O5S/c1-19(2)13-28-38-18-27(45-28)30-39-24-12-11-21(35-41-31(3,4)32(5,6)42-35)14-20(24)15-25(39)29-23(37)16-22(17-26(29)40-30)36-43-33(7,8)34(9,10)44-36/h11-12,14-19,30H,13H2,1-10H3. The van der Waals surface area contributed by atoms with E-state index in [0.717, 1.165) is 38.4 Å². The van der Waals surface area contributed by atoms with Gasteiger partial charge in [0.15, 0.2) is 0 Å². The molecular weight excluding hydrogens is 589 g/mol. The van der Waals surface area contributed by atoms with Crippen LogP contribution >= 0.6 is 11.3 Å². The Morgan fingerprint density at radius 3 is 2.04 bits per heavy atom. The molecule has 11 heteroatoms. The van der Waals surface area contributed by atoms with Gasteiger partial charge in [0.05, 0.1) is 49.1 Å². The average molecular weight is 630 g/mol. The number of hydrogen-bond acceptors (Lipinski definition) is 7. The van der Waals surface area contributed by atoms with Crippen LogP contribution in [0.15, 0.2) is 42.6 Å². The van der Waals surface area contributed by atoms with Crippen molar-refractivity contribution >= 4 is 47.4 Å². The van der Waals surface area contributed by atoms with E-state index >= 15 is 4.39 Å². The van der Waals surface area contributed by atoms with Crippen LogP contribution in [0.1, 0.15) is 85.4 Å². The number of fused-ring (bicyclic) bond motifs is 5. The predicted molar refractivity (Wildman–Crippen MR) is 178 cm³/mol. The molecule has 7 rings (SSSR count). The summed E-state index contributed by atoms with van der Waals surface area (Å²) >= 11 is 1.63. The molecule has 0 amide bonds. The van der Waals surface area contributed by atoms with Crippen LogP contribution in [-0.2, 0) is 25.0 Å². The summed E-state index contributed by atoms with van der Waals surface area (Å²) in [7, 11) is -1.22. The molecule has 0 aliphatic carbocycles. The largest absolute Gasteiger partial charge is 0.495 e. The molecular formula is C34H41B2FN2O5S. The minimum absolute atomic E-state index is 0.393. The third-order valence-corrected chi connectivity index (χ3v) is 11.2. The van der Waals surface area contributed by atoms with Crippen LogP contribution in [0.25, 0.3) is 22.2 Å². The zero-order chi connectivity index (χ0) is 32.3. The quantitative estimate of drug-likeness (QED) is 0.231. The predicted octanol–water partition coefficient (Wildman–Crippen LogP) is 6.64. The maximum atomic E-state index is 16.3. The van der Waals surface area contributed by atoms with Gasteiger partial charge in [0.25, 0.3) is 0 Å². The second kappa shape index (κ2) is 10.2. The molecule has 0 spiro atoms. The smallest absolute Gasteiger partial charge is 0.464 e. The van der Waals surface area contributed by atoms with E-state index in [0.29, 0.717) is 22.7 Å². The second-order valence-corrected chi connectivity index (χ2v) is 16.1. The molecule has 1 atom stereocenters. The molecule has 0 N–H and O–H groups in total. The Morgan fingerprint density at radius 1 is 0.844 bits per heavy atom. The Labute approximate surface area is 269 Å². The first kappa shape index (κ1) is 30.9. The lowest BCUT2D eigenvalue weighted by Crippen LogP contribution is -2.41. The van der Waals surface area contributed by atoms with Gasteiger partial charge in [-0.3, -0.25) is 4.57 Å². The van der Waals surface area contributed by atoms with E-state index in [1.807, 2.05) is 85.9 Å². The lowest BCUT2D eigenvalue weighted by molar-refractivity contribution is 0.00578. The van der Waals surface area contributed by atoms with Crippen LogP contribution in [-0.4, -0.2) is 46.2 Å². The highest BCUT2D eigenvalue weighted by Gasteiger charge is 2.53. The van der Waals surface area contributed by atoms with Crippen molar-refractivity contribution in [2.45, 2.75) is 104 Å². The number of ether oxygens (including phenoxy) is 1. The van der Waals surface area contributed by atoms with Crippen LogP contribution in [0.5, 0.6) is 5.75 Å². The number of nitrogens with zero attached hydrogens (tertiary/aromatic N) is 2. The van der Waals surface area contributed by atoms with Crippen LogP contribution in [0.4, 0.5) is 4.39 Å². The van der Waals surface area contributed by atoms with E-state index in [1.54, 1.807) is 11.3 Å². The molecule has 1 unspecified atom stereocenters. The van der Waals surface area contributed by atoms with E-state index in [-0.39, 0.29) is 0 Å². The summed E-state index contributed by atoms with van der Waals surface area (Å²) in [6.45, 7) is 20.5. The average Bonchev–Trinajstić information content (AvgIpc) is 3.64. The fourth-order valence-electron chi connectivity index (χ4n) is 6.12. The normalized spacial score (nSPS) is 22.6. The van der Waals surface area contributed by atoms with E-state index in [2.05, 4.69) is 24.5 Å². The summed E-state index contributed by atoms with van der Waals surface area (Å²) < 4.78 is 50.4. The van der Waals surface area contributed by atoms with Crippen LogP contribution in [0.3, 0.4) is 0 Å². The topological polar surface area (TPSA) is 64.0 Å². The first-order valence-electron chi connectivity index (χ1n) is 15.8. The van der Waals surface area contributed by atoms with Gasteiger partial charge in [-0.05, 0) is 96.5 Å². The molecule has 5 heterocycles. The van der Waals surface area contributed by atoms with Crippen molar-refractivity contribution in [3.8, 4) is 17.0 Å². The lowest BCUT2D eigenvalue weighted by Gasteiger charge is -2.32. The number of hydrogen-bond donors (Lipinski definition) is 0. The lowest BCUT2D eigenvalue weighted by atomic mass is 9.78. The van der Waals surface area contributed by atoms with Gasteiger partial charge in [0.1, 0.15) is 11.6 Å². The molecule has 0 bridgehead atoms. The van der Waals surface area contributed by atoms with Crippen LogP contribution in [0, 0.1) is 11.7 Å². The van der Waals surface area contributed by atoms with Crippen molar-refractivity contribution in [1.82, 2.24) is 9.55 Å². The molecule has 0 saturated carbocycles. The third-order valence-electron chi connectivity index (χ3n) is 10.1. The molecule has 2 fully saturated rings. The first-order valence-corrected chi connectivity index (χ1v) is 16.6. The Hall–Kier alpha value is -2.69. The summed E-state index contributed by atoms with van der Waals surface area (Å²) in [6.07, 6.45) is 2.24. The summed E-state index contributed by atoms with van der Waals surface area (Å²) in [4.78, 5) is 5.68. The molecule has 0 radical (unpaired) electrons. The highest BCUT2D eigenvalue weighted by molar-refractivity contribution is 7.11. The summed E-state index contributed by atoms with van der Waals surface area (Å²) in [5, 5.41) is 1.99. The molecule has 236 valence electrons. The molecule has 2 saturated heterocycles. The zero-order valence-electron chi connectivity index (χ0n) is 27.8. The van der Waals surface area contributed by atoms with Crippen LogP contribution in [0.2, 0.25) is 0 Å². The van der Waals surface area contributed by atoms with E-state index < -0.39 is 48.7 Å². The minimum Gasteiger partial charge on any atom is -0.464 e. The van der Waals surface area contributed by atoms with Gasteiger partial charge in [0, 0.05) is 18.0 Å². The van der Waals surface area contributed by atoms with Crippen molar-refractivity contribution in [2.24, 2.45) is 5.92 Å². The van der Waals surface area contributed by atoms with Gasteiger partial charge >= 0.3 is 14.2 Å². The summed E-state index contributed by atoms with van der Waals surface area (Å²) in [6, 6.07) is 11.6. The van der Waals surface area contributed by atoms with Crippen molar-refractivity contribution in [3.63, 3.8) is 0 Å². The number of halogens is 1. The van der Waals surface area contributed by atoms with E-state index in [4.69, 9.17) is 28.3 Å². The number of rotatable bonds is 5. The number of benzene rings is 2. The van der Waals surface area contributed by atoms with Crippen molar-refractivity contribution in [2.75, 3.05) is 0 Å². The Balaban J connectivity index is 1.35. The molecule has 7 nitrogen and oxygen atoms in total. The summed E-state index contributed by atoms with van der Waals surface area (Å²) in [5.74, 6) is 0.533. The van der Waals surface area contributed by atoms with Crippen LogP contribution < -0.4 is 15.7 Å². The molecule has 45 heavy (non-hydrogen) atoms. The van der Waals surface area contributed by atoms with Gasteiger partial charge < -0.3 is 23.4 Å². The molecule has 4 aromatic rings. The van der Waals surface area contributed by atoms with Gasteiger partial charge in [-0.1, -0.05) is 26.0 Å². The molecule has 2 aromatic heterocycles.